The van der Waals surface area contributed by atoms with E-state index in [0.29, 0.717) is 6.54 Å². The Morgan fingerprint density at radius 1 is 1.50 bits per heavy atom. The van der Waals surface area contributed by atoms with Gasteiger partial charge in [0, 0.05) is 12.6 Å². The summed E-state index contributed by atoms with van der Waals surface area (Å²) in [6.45, 7) is 7.99. The van der Waals surface area contributed by atoms with Gasteiger partial charge in [0.25, 0.3) is 0 Å². The number of rotatable bonds is 0. The molecule has 1 aliphatic heterocycles. The summed E-state index contributed by atoms with van der Waals surface area (Å²) in [6.07, 6.45) is 0.335. The van der Waals surface area contributed by atoms with Gasteiger partial charge in [-0.2, -0.15) is 0 Å². The molecule has 1 fully saturated rings. The standard InChI is InChI=1S/C11H20N2O3/c1-8-5-6-13(7-9(14)12-8)10(15)16-11(2,3)4/h8H,5-7H2,1-4H3,(H,12,14)/t8-/m1/s1. The van der Waals surface area contributed by atoms with Crippen LogP contribution in [0.2, 0.25) is 0 Å². The number of ether oxygens (including phenoxy) is 1. The Morgan fingerprint density at radius 3 is 2.69 bits per heavy atom. The highest BCUT2D eigenvalue weighted by molar-refractivity contribution is 5.82. The van der Waals surface area contributed by atoms with Gasteiger partial charge in [-0.1, -0.05) is 0 Å². The van der Waals surface area contributed by atoms with Crippen LogP contribution in [-0.4, -0.2) is 41.6 Å². The Kier molecular flexibility index (Phi) is 3.78. The molecule has 0 radical (unpaired) electrons. The van der Waals surface area contributed by atoms with E-state index in [9.17, 15) is 9.59 Å². The third-order valence-electron chi connectivity index (χ3n) is 2.23. The summed E-state index contributed by atoms with van der Waals surface area (Å²) < 4.78 is 5.22. The van der Waals surface area contributed by atoms with Gasteiger partial charge in [0.15, 0.2) is 0 Å². The van der Waals surface area contributed by atoms with E-state index >= 15 is 0 Å². The highest BCUT2D eigenvalue weighted by atomic mass is 16.6. The predicted molar refractivity (Wildman–Crippen MR) is 60.0 cm³/mol. The topological polar surface area (TPSA) is 58.6 Å². The summed E-state index contributed by atoms with van der Waals surface area (Å²) in [5.41, 5.74) is -0.522. The third kappa shape index (κ3) is 4.08. The van der Waals surface area contributed by atoms with Crippen LogP contribution in [0.4, 0.5) is 4.79 Å². The molecule has 1 atom stereocenters. The van der Waals surface area contributed by atoms with Crippen LogP contribution in [-0.2, 0) is 9.53 Å². The summed E-state index contributed by atoms with van der Waals surface area (Å²) in [4.78, 5) is 24.6. The lowest BCUT2D eigenvalue weighted by Gasteiger charge is -2.25. The normalized spacial score (nSPS) is 22.4. The van der Waals surface area contributed by atoms with Crippen LogP contribution in [0.5, 0.6) is 0 Å². The number of nitrogens with one attached hydrogen (secondary N) is 1. The maximum Gasteiger partial charge on any atom is 0.410 e. The highest BCUT2D eigenvalue weighted by Gasteiger charge is 2.26. The average Bonchev–Trinajstić information content (AvgIpc) is 2.23. The minimum Gasteiger partial charge on any atom is -0.444 e. The lowest BCUT2D eigenvalue weighted by atomic mass is 10.2. The zero-order chi connectivity index (χ0) is 12.3. The van der Waals surface area contributed by atoms with E-state index in [4.69, 9.17) is 4.74 Å². The molecule has 1 heterocycles. The van der Waals surface area contributed by atoms with Crippen molar-refractivity contribution >= 4 is 12.0 Å². The average molecular weight is 228 g/mol. The number of carbonyl (C=O) groups is 2. The zero-order valence-corrected chi connectivity index (χ0v) is 10.4. The van der Waals surface area contributed by atoms with Gasteiger partial charge in [-0.15, -0.1) is 0 Å². The molecule has 16 heavy (non-hydrogen) atoms. The molecule has 1 N–H and O–H groups in total. The molecule has 0 bridgehead atoms. The van der Waals surface area contributed by atoms with E-state index in [1.165, 1.54) is 4.90 Å². The number of hydrogen-bond acceptors (Lipinski definition) is 3. The van der Waals surface area contributed by atoms with E-state index in [2.05, 4.69) is 5.32 Å². The Morgan fingerprint density at radius 2 is 2.12 bits per heavy atom. The van der Waals surface area contributed by atoms with Crippen molar-refractivity contribution in [3.05, 3.63) is 0 Å². The van der Waals surface area contributed by atoms with Crippen molar-refractivity contribution in [1.82, 2.24) is 10.2 Å². The molecule has 2 amide bonds. The van der Waals surface area contributed by atoms with Gasteiger partial charge in [0.1, 0.15) is 12.1 Å². The summed E-state index contributed by atoms with van der Waals surface area (Å²) in [5.74, 6) is -0.129. The van der Waals surface area contributed by atoms with Crippen molar-refractivity contribution in [3.63, 3.8) is 0 Å². The number of carbonyl (C=O) groups excluding carboxylic acids is 2. The quantitative estimate of drug-likeness (QED) is 0.676. The smallest absolute Gasteiger partial charge is 0.410 e. The molecule has 0 unspecified atom stereocenters. The van der Waals surface area contributed by atoms with Crippen molar-refractivity contribution < 1.29 is 14.3 Å². The van der Waals surface area contributed by atoms with Crippen molar-refractivity contribution in [1.29, 1.82) is 0 Å². The summed E-state index contributed by atoms with van der Waals surface area (Å²) in [5, 5.41) is 2.80. The molecule has 5 nitrogen and oxygen atoms in total. The summed E-state index contributed by atoms with van der Waals surface area (Å²) in [6, 6.07) is 0.111. The lowest BCUT2D eigenvalue weighted by Crippen LogP contribution is -2.41. The first-order valence-electron chi connectivity index (χ1n) is 5.55. The van der Waals surface area contributed by atoms with E-state index in [1.807, 2.05) is 27.7 Å². The first kappa shape index (κ1) is 12.8. The van der Waals surface area contributed by atoms with Crippen molar-refractivity contribution in [2.75, 3.05) is 13.1 Å². The fourth-order valence-corrected chi connectivity index (χ4v) is 1.48. The van der Waals surface area contributed by atoms with Crippen molar-refractivity contribution in [2.24, 2.45) is 0 Å². The van der Waals surface area contributed by atoms with E-state index in [1.54, 1.807) is 0 Å². The summed E-state index contributed by atoms with van der Waals surface area (Å²) in [7, 11) is 0. The third-order valence-corrected chi connectivity index (χ3v) is 2.23. The monoisotopic (exact) mass is 228 g/mol. The van der Waals surface area contributed by atoms with Crippen LogP contribution in [0.25, 0.3) is 0 Å². The summed E-state index contributed by atoms with van der Waals surface area (Å²) >= 11 is 0. The molecule has 1 saturated heterocycles. The predicted octanol–water partition coefficient (Wildman–Crippen LogP) is 1.13. The molecule has 5 heteroatoms. The molecule has 0 saturated carbocycles. The second-order valence-corrected chi connectivity index (χ2v) is 5.16. The minimum atomic E-state index is -0.522. The van der Waals surface area contributed by atoms with Crippen LogP contribution in [0, 0.1) is 0 Å². The van der Waals surface area contributed by atoms with E-state index in [0.717, 1.165) is 6.42 Å². The molecule has 1 aliphatic rings. The fourth-order valence-electron chi connectivity index (χ4n) is 1.48. The molecule has 1 rings (SSSR count). The Bertz CT molecular complexity index is 283. The van der Waals surface area contributed by atoms with Crippen LogP contribution < -0.4 is 5.32 Å². The van der Waals surface area contributed by atoms with Gasteiger partial charge in [-0.3, -0.25) is 9.69 Å². The minimum absolute atomic E-state index is 0.0826. The van der Waals surface area contributed by atoms with Gasteiger partial charge in [-0.05, 0) is 34.1 Å². The first-order chi connectivity index (χ1) is 7.28. The van der Waals surface area contributed by atoms with Crippen LogP contribution >= 0.6 is 0 Å². The Balaban J connectivity index is 2.59. The van der Waals surface area contributed by atoms with Gasteiger partial charge in [0.2, 0.25) is 5.91 Å². The van der Waals surface area contributed by atoms with Crippen molar-refractivity contribution in [2.45, 2.75) is 45.8 Å². The molecular formula is C11H20N2O3. The second-order valence-electron chi connectivity index (χ2n) is 5.16. The first-order valence-corrected chi connectivity index (χ1v) is 5.55. The zero-order valence-electron chi connectivity index (χ0n) is 10.4. The number of nitrogens with zero attached hydrogens (tertiary/aromatic N) is 1. The van der Waals surface area contributed by atoms with Crippen LogP contribution in [0.1, 0.15) is 34.1 Å². The molecule has 0 aliphatic carbocycles. The largest absolute Gasteiger partial charge is 0.444 e. The van der Waals surface area contributed by atoms with Crippen LogP contribution in [0.3, 0.4) is 0 Å². The molecule has 92 valence electrons. The van der Waals surface area contributed by atoms with E-state index < -0.39 is 11.7 Å². The lowest BCUT2D eigenvalue weighted by molar-refractivity contribution is -0.122. The molecule has 0 aromatic heterocycles. The number of hydrogen-bond donors (Lipinski definition) is 1. The molecular weight excluding hydrogens is 208 g/mol. The van der Waals surface area contributed by atoms with Gasteiger partial charge in [0.05, 0.1) is 0 Å². The van der Waals surface area contributed by atoms with E-state index in [-0.39, 0.29) is 18.5 Å². The molecule has 0 aromatic rings. The van der Waals surface area contributed by atoms with Crippen molar-refractivity contribution in [3.8, 4) is 0 Å². The second kappa shape index (κ2) is 4.72. The SMILES string of the molecule is C[C@@H]1CCN(C(=O)OC(C)(C)C)CC(=O)N1. The Labute approximate surface area is 96.1 Å². The Hall–Kier alpha value is -1.26. The fraction of sp³-hybridized carbons (Fsp3) is 0.818. The highest BCUT2D eigenvalue weighted by Crippen LogP contribution is 2.11. The van der Waals surface area contributed by atoms with Gasteiger partial charge < -0.3 is 10.1 Å². The maximum atomic E-state index is 11.7. The van der Waals surface area contributed by atoms with Crippen LogP contribution in [0.15, 0.2) is 0 Å². The van der Waals surface area contributed by atoms with Gasteiger partial charge in [-0.25, -0.2) is 4.79 Å². The maximum absolute atomic E-state index is 11.7. The van der Waals surface area contributed by atoms with Gasteiger partial charge >= 0.3 is 6.09 Å². The number of amides is 2. The molecule has 0 spiro atoms. The molecule has 0 aromatic carbocycles.